The van der Waals surface area contributed by atoms with E-state index in [0.717, 1.165) is 196 Å². The number of H-pyrrole nitrogens is 4. The number of nitrogens with one attached hydrogen (secondary N) is 7. The van der Waals surface area contributed by atoms with Crippen molar-refractivity contribution in [3.8, 4) is 67.3 Å². The third kappa shape index (κ3) is 16.3. The fraction of sp³-hybridized carbons (Fsp3) is 0.457. The Morgan fingerprint density at radius 3 is 1.14 bits per heavy atom. The molecule has 8 aliphatic rings. The molecule has 4 saturated heterocycles. The first-order chi connectivity index (χ1) is 58.2. The lowest BCUT2D eigenvalue weighted by Crippen LogP contribution is -2.54. The Morgan fingerprint density at radius 1 is 0.421 bits per heavy atom. The maximum absolute atomic E-state index is 14.0. The molecular weight excluding hydrogens is 1530 g/mol. The monoisotopic (exact) mass is 1640 g/mol. The predicted molar refractivity (Wildman–Crippen MR) is 457 cm³/mol. The van der Waals surface area contributed by atoms with Crippen LogP contribution in [0.1, 0.15) is 180 Å². The third-order valence-corrected chi connectivity index (χ3v) is 26.8. The molecule has 4 bridgehead atoms. The van der Waals surface area contributed by atoms with E-state index in [9.17, 15) is 33.6 Å². The molecule has 4 aliphatic heterocycles. The number of carbonyl (C=O) groups is 7. The van der Waals surface area contributed by atoms with Crippen LogP contribution in [0.4, 0.5) is 19.2 Å². The van der Waals surface area contributed by atoms with E-state index < -0.39 is 48.1 Å². The lowest BCUT2D eigenvalue weighted by molar-refractivity contribution is -0.140. The lowest BCUT2D eigenvalue weighted by Gasteiger charge is -2.37. The van der Waals surface area contributed by atoms with Crippen molar-refractivity contribution in [2.75, 3.05) is 41.5 Å². The van der Waals surface area contributed by atoms with Crippen LogP contribution in [0.25, 0.3) is 88.8 Å². The minimum Gasteiger partial charge on any atom is -0.453 e. The Balaban J connectivity index is 0.000000173. The van der Waals surface area contributed by atoms with Gasteiger partial charge in [0.15, 0.2) is 0 Å². The molecule has 0 radical (unpaired) electrons. The number of aromatic nitrogens is 8. The molecule has 7 amide bonds. The minimum absolute atomic E-state index is 0.0776. The van der Waals surface area contributed by atoms with Crippen molar-refractivity contribution < 1.29 is 57.2 Å². The molecule has 632 valence electrons. The highest BCUT2D eigenvalue weighted by molar-refractivity contribution is 5.93. The normalized spacial score (nSPS) is 22.4. The topological polar surface area (TPSA) is 329 Å². The van der Waals surface area contributed by atoms with Gasteiger partial charge in [-0.05, 0) is 218 Å². The Bertz CT molecular complexity index is 5580. The Morgan fingerprint density at radius 2 is 0.760 bits per heavy atom. The number of benzene rings is 6. The molecule has 8 fully saturated rings. The van der Waals surface area contributed by atoms with Gasteiger partial charge in [0, 0.05) is 43.4 Å². The van der Waals surface area contributed by atoms with Gasteiger partial charge in [-0.3, -0.25) is 19.3 Å². The summed E-state index contributed by atoms with van der Waals surface area (Å²) in [7, 11) is 5.42. The summed E-state index contributed by atoms with van der Waals surface area (Å²) in [5.41, 5.74) is 11.7. The average molecular weight is 1640 g/mol. The zero-order valence-corrected chi connectivity index (χ0v) is 70.8. The maximum Gasteiger partial charge on any atom is 0.410 e. The summed E-state index contributed by atoms with van der Waals surface area (Å²) in [5.74, 6) is 3.14. The van der Waals surface area contributed by atoms with Crippen molar-refractivity contribution in [1.82, 2.24) is 75.4 Å². The van der Waals surface area contributed by atoms with Gasteiger partial charge in [0.2, 0.25) is 17.7 Å². The smallest absolute Gasteiger partial charge is 0.410 e. The molecule has 12 atom stereocenters. The van der Waals surface area contributed by atoms with Crippen molar-refractivity contribution in [3.63, 3.8) is 0 Å². The zero-order valence-electron chi connectivity index (χ0n) is 70.8. The molecule has 10 aromatic rings. The van der Waals surface area contributed by atoms with E-state index in [2.05, 4.69) is 157 Å². The number of alkyl carbamates (subject to hydrolysis) is 3. The summed E-state index contributed by atoms with van der Waals surface area (Å²) in [6.45, 7) is 16.5. The Hall–Kier alpha value is -11.9. The summed E-state index contributed by atoms with van der Waals surface area (Å²) in [4.78, 5) is 133. The summed E-state index contributed by atoms with van der Waals surface area (Å²) in [6, 6.07) is 40.0. The van der Waals surface area contributed by atoms with Crippen LogP contribution in [0.3, 0.4) is 0 Å². The van der Waals surface area contributed by atoms with Crippen LogP contribution in [0.15, 0.2) is 146 Å². The van der Waals surface area contributed by atoms with E-state index in [1.807, 2.05) is 92.9 Å². The number of rotatable bonds is 20. The van der Waals surface area contributed by atoms with Crippen molar-refractivity contribution >= 4 is 63.6 Å². The molecule has 7 N–H and O–H groups in total. The van der Waals surface area contributed by atoms with Gasteiger partial charge in [-0.15, -0.1) is 0 Å². The number of methoxy groups -OCH3 is 4. The molecule has 4 aliphatic carbocycles. The quantitative estimate of drug-likeness (QED) is 0.0349. The molecule has 8 heterocycles. The molecule has 18 rings (SSSR count). The number of fused-ring (bicyclic) bond motifs is 6. The van der Waals surface area contributed by atoms with E-state index in [0.29, 0.717) is 18.4 Å². The maximum atomic E-state index is 14.0. The first-order valence-electron chi connectivity index (χ1n) is 42.7. The second-order valence-corrected chi connectivity index (χ2v) is 36.6. The van der Waals surface area contributed by atoms with Crippen molar-refractivity contribution in [2.45, 2.75) is 199 Å². The number of ether oxygens (including phenoxy) is 5. The van der Waals surface area contributed by atoms with Crippen LogP contribution in [0.5, 0.6) is 0 Å². The van der Waals surface area contributed by atoms with Crippen LogP contribution in [-0.4, -0.2) is 185 Å². The standard InChI is InChI=1S/C48H56N8O7.C46H53N7O5/c1-26(2)39(53-46(59)62-5)45(58)56-35-16-15-34(21-35)41(56)43-50-23-36(52-43)29-9-7-28(8-10-29)30-11-12-32-20-33(14-13-31(32)19-30)37-24-49-42(51-37)38-22-48(17-18-48)25-55(38)44(57)40(27(3)61-4)54-47(60)63-6;1-26(2)38(51-43(55)57-6)42(54)53-34-16-15-33(21-34)39(53)41-48-23-35(50-41)28-9-7-27(8-10-28)29-11-12-31-20-32(14-13-30(31)19-29)36-24-47-40(49-36)37-22-46(17-18-46)25-52(37)44(56)58-45(3,4)5/h7-14,19-20,23-24,26-27,34-35,38-41H,15-18,21-22,25H2,1-6H3,(H,49,51)(H,50,52)(H,53,59)(H,54,60);7-14,19-20,23-24,26,33-34,37-39H,15-18,21-22,25H2,1-6H3,(H,47,49)(H,48,50)(H,51,55)/t27?,34-,35+,38-,39-,40?,41-;33-,34+,37-,38-,39-/m00/s1. The summed E-state index contributed by atoms with van der Waals surface area (Å²) >= 11 is 0. The second kappa shape index (κ2) is 32.6. The number of likely N-dealkylation sites (tertiary alicyclic amines) is 4. The summed E-state index contributed by atoms with van der Waals surface area (Å²) in [5, 5.41) is 12.7. The summed E-state index contributed by atoms with van der Waals surface area (Å²) < 4.78 is 25.7. The highest BCUT2D eigenvalue weighted by Gasteiger charge is 2.58. The van der Waals surface area contributed by atoms with E-state index in [1.165, 1.54) is 28.4 Å². The molecule has 2 spiro atoms. The van der Waals surface area contributed by atoms with Gasteiger partial charge in [-0.25, -0.2) is 39.1 Å². The number of hydrogen-bond donors (Lipinski definition) is 7. The van der Waals surface area contributed by atoms with Gasteiger partial charge in [0.25, 0.3) is 0 Å². The van der Waals surface area contributed by atoms with E-state index in [1.54, 1.807) is 6.92 Å². The molecular formula is C94H109N15O12. The van der Waals surface area contributed by atoms with E-state index >= 15 is 0 Å². The molecule has 27 heteroatoms. The number of aromatic amines is 4. The average Bonchev–Trinajstić information content (AvgIpc) is 1.59. The van der Waals surface area contributed by atoms with Gasteiger partial charge in [0.1, 0.15) is 47.0 Å². The Labute approximate surface area is 704 Å². The predicted octanol–water partition coefficient (Wildman–Crippen LogP) is 16.7. The number of piperidine rings is 2. The van der Waals surface area contributed by atoms with Crippen LogP contribution >= 0.6 is 0 Å². The van der Waals surface area contributed by atoms with Crippen molar-refractivity contribution in [1.29, 1.82) is 0 Å². The fourth-order valence-corrected chi connectivity index (χ4v) is 19.8. The molecule has 27 nitrogen and oxygen atoms in total. The molecule has 4 aromatic heterocycles. The number of hydrogen-bond acceptors (Lipinski definition) is 16. The van der Waals surface area contributed by atoms with Gasteiger partial charge in [0.05, 0.1) is 99.2 Å². The highest BCUT2D eigenvalue weighted by Crippen LogP contribution is 2.60. The zero-order chi connectivity index (χ0) is 84.7. The largest absolute Gasteiger partial charge is 0.453 e. The van der Waals surface area contributed by atoms with Gasteiger partial charge in [-0.2, -0.15) is 0 Å². The van der Waals surface area contributed by atoms with Crippen molar-refractivity contribution in [3.05, 3.63) is 169 Å². The van der Waals surface area contributed by atoms with Gasteiger partial charge in [-0.1, -0.05) is 125 Å². The number of imidazole rings is 4. The van der Waals surface area contributed by atoms with E-state index in [4.69, 9.17) is 43.6 Å². The highest BCUT2D eigenvalue weighted by atomic mass is 16.6. The molecule has 121 heavy (non-hydrogen) atoms. The fourth-order valence-electron chi connectivity index (χ4n) is 19.8. The van der Waals surface area contributed by atoms with E-state index in [-0.39, 0.29) is 82.7 Å². The number of nitrogens with zero attached hydrogens (tertiary/aromatic N) is 8. The third-order valence-electron chi connectivity index (χ3n) is 26.8. The lowest BCUT2D eigenvalue weighted by atomic mass is 9.95. The van der Waals surface area contributed by atoms with Crippen LogP contribution < -0.4 is 16.0 Å². The minimum atomic E-state index is -0.896. The van der Waals surface area contributed by atoms with Crippen LogP contribution in [0.2, 0.25) is 0 Å². The first-order valence-corrected chi connectivity index (χ1v) is 42.7. The first kappa shape index (κ1) is 81.5. The van der Waals surface area contributed by atoms with Gasteiger partial charge >= 0.3 is 24.4 Å². The number of carbonyl (C=O) groups excluding carboxylic acids is 7. The van der Waals surface area contributed by atoms with Crippen molar-refractivity contribution in [2.24, 2.45) is 34.5 Å². The summed E-state index contributed by atoms with van der Waals surface area (Å²) in [6.07, 6.45) is 16.7. The van der Waals surface area contributed by atoms with Crippen LogP contribution in [-0.2, 0) is 38.1 Å². The van der Waals surface area contributed by atoms with Crippen LogP contribution in [0, 0.1) is 34.5 Å². The second-order valence-electron chi connectivity index (χ2n) is 36.6. The molecule has 2 unspecified atom stereocenters. The van der Waals surface area contributed by atoms with Gasteiger partial charge < -0.3 is 74.3 Å². The SMILES string of the molecule is COC(=O)NC(C(=O)N1CC2(CC2)C[C@H]1c1ncc(-c2ccc3cc(-c4ccc(-c5cnc([C@@H]6[C@H]7CC[C@H](C7)N6C(=O)[C@@H](NC(=O)OC)C(C)C)[nH]5)cc4)ccc3c2)[nH]1)C(C)OC.COC(=O)N[C@H](C(=O)N1[C@@H]2CC[C@@H](C2)[C@H]1c1ncc(-c2ccc(-c3ccc4cc(-c5cnc([C@@H]6CC7(CC7)CN6C(=O)OC(C)(C)C)[nH]5)ccc4c3)cc2)[nH]1)C(C)C. The number of amides is 7. The molecule has 6 aromatic carbocycles. The molecule has 4 saturated carbocycles. The Kier molecular flexibility index (Phi) is 22.0.